The summed E-state index contributed by atoms with van der Waals surface area (Å²) in [5, 5.41) is 0. The van der Waals surface area contributed by atoms with Crippen LogP contribution in [0.2, 0.25) is 0 Å². The van der Waals surface area contributed by atoms with Gasteiger partial charge in [-0.2, -0.15) is 0 Å². The van der Waals surface area contributed by atoms with E-state index in [2.05, 4.69) is 4.90 Å². The van der Waals surface area contributed by atoms with Gasteiger partial charge in [0.05, 0.1) is 12.5 Å². The van der Waals surface area contributed by atoms with E-state index >= 15 is 0 Å². The van der Waals surface area contributed by atoms with Gasteiger partial charge in [0.25, 0.3) is 0 Å². The zero-order chi connectivity index (χ0) is 14.7. The first-order chi connectivity index (χ1) is 10.3. The maximum absolute atomic E-state index is 12.9. The Morgan fingerprint density at radius 1 is 1.29 bits per heavy atom. The quantitative estimate of drug-likeness (QED) is 0.868. The zero-order valence-electron chi connectivity index (χ0n) is 12.4. The zero-order valence-corrected chi connectivity index (χ0v) is 12.4. The Labute approximate surface area is 126 Å². The summed E-state index contributed by atoms with van der Waals surface area (Å²) in [5.41, 5.74) is 6.93. The molecule has 4 heteroatoms. The topological polar surface area (TPSA) is 55.6 Å². The largest absolute Gasteiger partial charge is 0.381 e. The van der Waals surface area contributed by atoms with Gasteiger partial charge in [0, 0.05) is 31.7 Å². The SMILES string of the molecule is NCC(C(=O)N(CC1CCOC1)C1CC1)c1ccccc1. The number of nitrogens with zero attached hydrogens (tertiary/aromatic N) is 1. The smallest absolute Gasteiger partial charge is 0.231 e. The summed E-state index contributed by atoms with van der Waals surface area (Å²) < 4.78 is 5.45. The molecule has 21 heavy (non-hydrogen) atoms. The van der Waals surface area contributed by atoms with E-state index in [4.69, 9.17) is 10.5 Å². The van der Waals surface area contributed by atoms with Crippen molar-refractivity contribution in [3.05, 3.63) is 35.9 Å². The van der Waals surface area contributed by atoms with Crippen LogP contribution in [0.15, 0.2) is 30.3 Å². The van der Waals surface area contributed by atoms with Gasteiger partial charge in [0.1, 0.15) is 0 Å². The highest BCUT2D eigenvalue weighted by atomic mass is 16.5. The van der Waals surface area contributed by atoms with Crippen LogP contribution in [0.4, 0.5) is 0 Å². The Morgan fingerprint density at radius 3 is 2.62 bits per heavy atom. The average molecular weight is 288 g/mol. The molecule has 3 rings (SSSR count). The molecule has 2 unspecified atom stereocenters. The molecular formula is C17H24N2O2. The van der Waals surface area contributed by atoms with E-state index in [9.17, 15) is 4.79 Å². The standard InChI is InChI=1S/C17H24N2O2/c18-10-16(14-4-2-1-3-5-14)17(20)19(15-6-7-15)11-13-8-9-21-12-13/h1-5,13,15-16H,6-12,18H2. The molecule has 2 aliphatic rings. The highest BCUT2D eigenvalue weighted by Crippen LogP contribution is 2.32. The number of carbonyl (C=O) groups is 1. The molecule has 1 saturated heterocycles. The molecule has 1 aliphatic carbocycles. The summed E-state index contributed by atoms with van der Waals surface area (Å²) in [4.78, 5) is 15.0. The third-order valence-corrected chi connectivity index (χ3v) is 4.49. The summed E-state index contributed by atoms with van der Waals surface area (Å²) in [7, 11) is 0. The van der Waals surface area contributed by atoms with Crippen molar-refractivity contribution in [2.24, 2.45) is 11.7 Å². The molecule has 1 aliphatic heterocycles. The minimum Gasteiger partial charge on any atom is -0.381 e. The number of rotatable bonds is 6. The van der Waals surface area contributed by atoms with E-state index in [0.29, 0.717) is 18.5 Å². The number of amides is 1. The lowest BCUT2D eigenvalue weighted by molar-refractivity contribution is -0.133. The number of ether oxygens (including phenoxy) is 1. The van der Waals surface area contributed by atoms with Gasteiger partial charge in [-0.05, 0) is 24.8 Å². The molecule has 2 atom stereocenters. The van der Waals surface area contributed by atoms with Gasteiger partial charge in [0.15, 0.2) is 0 Å². The minimum absolute atomic E-state index is 0.193. The number of benzene rings is 1. The van der Waals surface area contributed by atoms with E-state index in [0.717, 1.165) is 44.6 Å². The highest BCUT2D eigenvalue weighted by Gasteiger charge is 2.37. The number of hydrogen-bond acceptors (Lipinski definition) is 3. The Hall–Kier alpha value is -1.39. The number of carbonyl (C=O) groups excluding carboxylic acids is 1. The van der Waals surface area contributed by atoms with Crippen LogP contribution in [0.5, 0.6) is 0 Å². The van der Waals surface area contributed by atoms with E-state index in [1.54, 1.807) is 0 Å². The first kappa shape index (κ1) is 14.5. The summed E-state index contributed by atoms with van der Waals surface area (Å²) in [6.45, 7) is 2.81. The summed E-state index contributed by atoms with van der Waals surface area (Å²) in [6, 6.07) is 10.3. The lowest BCUT2D eigenvalue weighted by atomic mass is 9.97. The van der Waals surface area contributed by atoms with Gasteiger partial charge in [-0.25, -0.2) is 0 Å². The molecule has 1 amide bonds. The second-order valence-electron chi connectivity index (χ2n) is 6.15. The fraction of sp³-hybridized carbons (Fsp3) is 0.588. The van der Waals surface area contributed by atoms with Gasteiger partial charge in [-0.15, -0.1) is 0 Å². The van der Waals surface area contributed by atoms with E-state index in [1.807, 2.05) is 30.3 Å². The first-order valence-corrected chi connectivity index (χ1v) is 7.93. The van der Waals surface area contributed by atoms with Crippen LogP contribution >= 0.6 is 0 Å². The third-order valence-electron chi connectivity index (χ3n) is 4.49. The molecule has 2 fully saturated rings. The van der Waals surface area contributed by atoms with E-state index < -0.39 is 0 Å². The van der Waals surface area contributed by atoms with Crippen molar-refractivity contribution < 1.29 is 9.53 Å². The van der Waals surface area contributed by atoms with Gasteiger partial charge >= 0.3 is 0 Å². The Balaban J connectivity index is 1.72. The molecule has 1 heterocycles. The van der Waals surface area contributed by atoms with Gasteiger partial charge in [-0.3, -0.25) is 4.79 Å². The van der Waals surface area contributed by atoms with Gasteiger partial charge in [0.2, 0.25) is 5.91 Å². The van der Waals surface area contributed by atoms with Crippen molar-refractivity contribution in [1.29, 1.82) is 0 Å². The Kier molecular flexibility index (Phi) is 4.56. The molecular weight excluding hydrogens is 264 g/mol. The molecule has 0 spiro atoms. The second kappa shape index (κ2) is 6.58. The Bertz CT molecular complexity index is 467. The molecule has 2 N–H and O–H groups in total. The second-order valence-corrected chi connectivity index (χ2v) is 6.15. The molecule has 1 aromatic carbocycles. The molecule has 1 saturated carbocycles. The van der Waals surface area contributed by atoms with Crippen molar-refractivity contribution in [2.45, 2.75) is 31.2 Å². The molecule has 114 valence electrons. The number of hydrogen-bond donors (Lipinski definition) is 1. The van der Waals surface area contributed by atoms with Crippen LogP contribution in [-0.2, 0) is 9.53 Å². The summed E-state index contributed by atoms with van der Waals surface area (Å²) in [6.07, 6.45) is 3.33. The minimum atomic E-state index is -0.214. The fourth-order valence-corrected chi connectivity index (χ4v) is 3.08. The monoisotopic (exact) mass is 288 g/mol. The van der Waals surface area contributed by atoms with Crippen LogP contribution in [0, 0.1) is 5.92 Å². The maximum Gasteiger partial charge on any atom is 0.231 e. The average Bonchev–Trinajstić information content (AvgIpc) is 3.23. The van der Waals surface area contributed by atoms with Crippen LogP contribution in [0.1, 0.15) is 30.7 Å². The lowest BCUT2D eigenvalue weighted by Gasteiger charge is -2.29. The highest BCUT2D eigenvalue weighted by molar-refractivity contribution is 5.84. The van der Waals surface area contributed by atoms with Crippen molar-refractivity contribution in [3.8, 4) is 0 Å². The molecule has 0 radical (unpaired) electrons. The van der Waals surface area contributed by atoms with E-state index in [1.165, 1.54) is 0 Å². The van der Waals surface area contributed by atoms with Crippen molar-refractivity contribution in [3.63, 3.8) is 0 Å². The predicted octanol–water partition coefficient (Wildman–Crippen LogP) is 1.76. The summed E-state index contributed by atoms with van der Waals surface area (Å²) >= 11 is 0. The molecule has 0 aromatic heterocycles. The van der Waals surface area contributed by atoms with Crippen LogP contribution < -0.4 is 5.73 Å². The normalized spacial score (nSPS) is 23.0. The Morgan fingerprint density at radius 2 is 2.05 bits per heavy atom. The molecule has 4 nitrogen and oxygen atoms in total. The van der Waals surface area contributed by atoms with E-state index in [-0.39, 0.29) is 11.8 Å². The van der Waals surface area contributed by atoms with Crippen LogP contribution in [-0.4, -0.2) is 43.2 Å². The fourth-order valence-electron chi connectivity index (χ4n) is 3.08. The lowest BCUT2D eigenvalue weighted by Crippen LogP contribution is -2.42. The predicted molar refractivity (Wildman–Crippen MR) is 81.9 cm³/mol. The molecule has 0 bridgehead atoms. The van der Waals surface area contributed by atoms with Crippen molar-refractivity contribution >= 4 is 5.91 Å². The maximum atomic E-state index is 12.9. The van der Waals surface area contributed by atoms with Gasteiger partial charge < -0.3 is 15.4 Å². The number of nitrogens with two attached hydrogens (primary N) is 1. The summed E-state index contributed by atoms with van der Waals surface area (Å²) in [5.74, 6) is 0.468. The van der Waals surface area contributed by atoms with Crippen LogP contribution in [0.3, 0.4) is 0 Å². The first-order valence-electron chi connectivity index (χ1n) is 7.93. The van der Waals surface area contributed by atoms with Gasteiger partial charge in [-0.1, -0.05) is 30.3 Å². The molecule has 1 aromatic rings. The van der Waals surface area contributed by atoms with Crippen molar-refractivity contribution in [1.82, 2.24) is 4.90 Å². The van der Waals surface area contributed by atoms with Crippen molar-refractivity contribution in [2.75, 3.05) is 26.3 Å². The third kappa shape index (κ3) is 3.44. The van der Waals surface area contributed by atoms with Crippen LogP contribution in [0.25, 0.3) is 0 Å².